The van der Waals surface area contributed by atoms with E-state index in [1.54, 1.807) is 37.3 Å². The number of carbonyl (C=O) groups excluding carboxylic acids is 3. The summed E-state index contributed by atoms with van der Waals surface area (Å²) in [5, 5.41) is 11.5. The number of pyridine rings is 1. The highest BCUT2D eigenvalue weighted by Gasteiger charge is 2.35. The Morgan fingerprint density at radius 1 is 1.06 bits per heavy atom. The number of benzene rings is 2. The maximum atomic E-state index is 13.7. The number of rotatable bonds is 4. The lowest BCUT2D eigenvalue weighted by atomic mass is 10.1. The van der Waals surface area contributed by atoms with E-state index in [1.807, 2.05) is 0 Å². The Morgan fingerprint density at radius 3 is 2.50 bits per heavy atom. The highest BCUT2D eigenvalue weighted by Crippen LogP contribution is 2.27. The molecule has 4 aromatic rings. The summed E-state index contributed by atoms with van der Waals surface area (Å²) in [6.45, 7) is 1.69. The van der Waals surface area contributed by atoms with Crippen molar-refractivity contribution in [3.05, 3.63) is 81.7 Å². The van der Waals surface area contributed by atoms with Crippen LogP contribution in [0, 0.1) is 12.7 Å². The molecule has 1 aliphatic heterocycles. The first-order valence-corrected chi connectivity index (χ1v) is 10.4. The standard InChI is InChI=1S/C22H14FN5O3S/c1-11-8-16(15-9-12(23)6-7-17(15)24-11)19(29)25-22-27-26-18(32-22)10-28-20(30)13-4-2-3-5-14(13)21(28)31/h2-9H,10H2,1H3,(H,25,27,29). The molecule has 2 aromatic carbocycles. The minimum atomic E-state index is -0.491. The summed E-state index contributed by atoms with van der Waals surface area (Å²) in [6, 6.07) is 12.2. The monoisotopic (exact) mass is 447 g/mol. The molecule has 0 atom stereocenters. The molecule has 0 radical (unpaired) electrons. The van der Waals surface area contributed by atoms with Crippen molar-refractivity contribution in [3.8, 4) is 0 Å². The number of fused-ring (bicyclic) bond motifs is 2. The van der Waals surface area contributed by atoms with E-state index in [4.69, 9.17) is 0 Å². The van der Waals surface area contributed by atoms with Crippen LogP contribution in [0.25, 0.3) is 10.9 Å². The zero-order chi connectivity index (χ0) is 22.4. The summed E-state index contributed by atoms with van der Waals surface area (Å²) >= 11 is 1.05. The Morgan fingerprint density at radius 2 is 1.78 bits per heavy atom. The van der Waals surface area contributed by atoms with Gasteiger partial charge in [-0.3, -0.25) is 29.6 Å². The molecule has 3 amide bonds. The zero-order valence-corrected chi connectivity index (χ0v) is 17.4. The molecule has 5 rings (SSSR count). The van der Waals surface area contributed by atoms with Crippen LogP contribution in [0.15, 0.2) is 48.5 Å². The fourth-order valence-electron chi connectivity index (χ4n) is 3.57. The fourth-order valence-corrected chi connectivity index (χ4v) is 4.29. The molecule has 0 saturated carbocycles. The van der Waals surface area contributed by atoms with E-state index in [0.717, 1.165) is 16.2 Å². The van der Waals surface area contributed by atoms with Crippen molar-refractivity contribution in [1.82, 2.24) is 20.1 Å². The van der Waals surface area contributed by atoms with Gasteiger partial charge in [0.1, 0.15) is 10.8 Å². The molecule has 0 bridgehead atoms. The lowest BCUT2D eigenvalue weighted by Crippen LogP contribution is -2.29. The molecule has 10 heteroatoms. The van der Waals surface area contributed by atoms with Gasteiger partial charge in [0.25, 0.3) is 17.7 Å². The average Bonchev–Trinajstić information content (AvgIpc) is 3.31. The Labute approximate surface area is 184 Å². The van der Waals surface area contributed by atoms with Gasteiger partial charge in [0, 0.05) is 11.1 Å². The molecule has 0 unspecified atom stereocenters. The quantitative estimate of drug-likeness (QED) is 0.480. The number of carbonyl (C=O) groups is 3. The van der Waals surface area contributed by atoms with E-state index in [9.17, 15) is 18.8 Å². The summed E-state index contributed by atoms with van der Waals surface area (Å²) in [5.41, 5.74) is 2.06. The van der Waals surface area contributed by atoms with Crippen LogP contribution >= 0.6 is 11.3 Å². The smallest absolute Gasteiger partial charge is 0.261 e. The number of nitrogens with one attached hydrogen (secondary N) is 1. The highest BCUT2D eigenvalue weighted by atomic mass is 32.1. The number of imide groups is 1. The molecule has 0 spiro atoms. The number of aromatic nitrogens is 3. The van der Waals surface area contributed by atoms with E-state index in [-0.39, 0.29) is 17.2 Å². The lowest BCUT2D eigenvalue weighted by molar-refractivity contribution is 0.0641. The van der Waals surface area contributed by atoms with E-state index in [2.05, 4.69) is 20.5 Å². The highest BCUT2D eigenvalue weighted by molar-refractivity contribution is 7.15. The van der Waals surface area contributed by atoms with Crippen LogP contribution in [0.2, 0.25) is 0 Å². The topological polar surface area (TPSA) is 105 Å². The number of amides is 3. The predicted octanol–water partition coefficient (Wildman–Crippen LogP) is 3.58. The SMILES string of the molecule is Cc1cc(C(=O)Nc2nnc(CN3C(=O)c4ccccc4C3=O)s2)c2cc(F)ccc2n1. The molecule has 1 N–H and O–H groups in total. The summed E-state index contributed by atoms with van der Waals surface area (Å²) in [7, 11) is 0. The molecular formula is C22H14FN5O3S. The van der Waals surface area contributed by atoms with Crippen molar-refractivity contribution in [2.75, 3.05) is 5.32 Å². The predicted molar refractivity (Wildman–Crippen MR) is 115 cm³/mol. The first kappa shape index (κ1) is 19.9. The van der Waals surface area contributed by atoms with Gasteiger partial charge < -0.3 is 0 Å². The number of hydrogen-bond donors (Lipinski definition) is 1. The average molecular weight is 447 g/mol. The van der Waals surface area contributed by atoms with Gasteiger partial charge in [-0.05, 0) is 43.3 Å². The molecule has 0 aliphatic carbocycles. The van der Waals surface area contributed by atoms with Gasteiger partial charge in [0.15, 0.2) is 0 Å². The minimum absolute atomic E-state index is 0.0532. The third-order valence-electron chi connectivity index (χ3n) is 5.00. The molecule has 0 saturated heterocycles. The Hall–Kier alpha value is -4.05. The largest absolute Gasteiger partial charge is 0.296 e. The van der Waals surface area contributed by atoms with E-state index < -0.39 is 23.5 Å². The first-order valence-electron chi connectivity index (χ1n) is 9.56. The van der Waals surface area contributed by atoms with Gasteiger partial charge in [-0.15, -0.1) is 10.2 Å². The number of aryl methyl sites for hydroxylation is 1. The number of halogens is 1. The molecule has 3 heterocycles. The molecule has 8 nitrogen and oxygen atoms in total. The summed E-state index contributed by atoms with van der Waals surface area (Å²) in [4.78, 5) is 43.3. The van der Waals surface area contributed by atoms with Crippen LogP contribution in [0.5, 0.6) is 0 Å². The van der Waals surface area contributed by atoms with Gasteiger partial charge in [-0.2, -0.15) is 0 Å². The van der Waals surface area contributed by atoms with Gasteiger partial charge in [-0.1, -0.05) is 23.5 Å². The van der Waals surface area contributed by atoms with Crippen molar-refractivity contribution in [1.29, 1.82) is 0 Å². The summed E-state index contributed by atoms with van der Waals surface area (Å²) < 4.78 is 13.7. The maximum Gasteiger partial charge on any atom is 0.261 e. The molecule has 1 aliphatic rings. The Kier molecular flexibility index (Phi) is 4.71. The fraction of sp³-hybridized carbons (Fsp3) is 0.0909. The summed E-state index contributed by atoms with van der Waals surface area (Å²) in [6.07, 6.45) is 0. The summed E-state index contributed by atoms with van der Waals surface area (Å²) in [5.74, 6) is -1.76. The number of hydrogen-bond acceptors (Lipinski definition) is 7. The molecule has 32 heavy (non-hydrogen) atoms. The number of anilines is 1. The van der Waals surface area contributed by atoms with Gasteiger partial charge in [0.05, 0.1) is 28.8 Å². The van der Waals surface area contributed by atoms with Gasteiger partial charge in [-0.25, -0.2) is 4.39 Å². The minimum Gasteiger partial charge on any atom is -0.296 e. The number of nitrogens with zero attached hydrogens (tertiary/aromatic N) is 4. The van der Waals surface area contributed by atoms with Gasteiger partial charge in [0.2, 0.25) is 5.13 Å². The van der Waals surface area contributed by atoms with Crippen molar-refractivity contribution in [2.45, 2.75) is 13.5 Å². The third kappa shape index (κ3) is 3.40. The van der Waals surface area contributed by atoms with Crippen LogP contribution in [0.3, 0.4) is 0 Å². The van der Waals surface area contributed by atoms with Crippen LogP contribution in [0.1, 0.15) is 41.8 Å². The Bertz CT molecular complexity index is 1400. The van der Waals surface area contributed by atoms with Crippen molar-refractivity contribution >= 4 is 45.1 Å². The van der Waals surface area contributed by atoms with Crippen LogP contribution in [0.4, 0.5) is 9.52 Å². The normalized spacial score (nSPS) is 13.0. The molecule has 158 valence electrons. The van der Waals surface area contributed by atoms with E-state index in [1.165, 1.54) is 18.2 Å². The molecule has 0 fully saturated rings. The first-order chi connectivity index (χ1) is 15.4. The van der Waals surface area contributed by atoms with Crippen LogP contribution in [-0.4, -0.2) is 37.8 Å². The second-order valence-corrected chi connectivity index (χ2v) is 8.23. The van der Waals surface area contributed by atoms with E-state index >= 15 is 0 Å². The van der Waals surface area contributed by atoms with Crippen molar-refractivity contribution in [3.63, 3.8) is 0 Å². The molecule has 2 aromatic heterocycles. The molecular weight excluding hydrogens is 433 g/mol. The second-order valence-electron chi connectivity index (χ2n) is 7.17. The lowest BCUT2D eigenvalue weighted by Gasteiger charge is -2.10. The van der Waals surface area contributed by atoms with Crippen molar-refractivity contribution < 1.29 is 18.8 Å². The van der Waals surface area contributed by atoms with Crippen molar-refractivity contribution in [2.24, 2.45) is 0 Å². The third-order valence-corrected chi connectivity index (χ3v) is 5.83. The van der Waals surface area contributed by atoms with Crippen LogP contribution in [-0.2, 0) is 6.54 Å². The van der Waals surface area contributed by atoms with Crippen LogP contribution < -0.4 is 5.32 Å². The van der Waals surface area contributed by atoms with Gasteiger partial charge >= 0.3 is 0 Å². The second kappa shape index (κ2) is 7.57. The van der Waals surface area contributed by atoms with E-state index in [0.29, 0.717) is 32.7 Å². The maximum absolute atomic E-state index is 13.7. The zero-order valence-electron chi connectivity index (χ0n) is 16.6. The Balaban J connectivity index is 1.36.